The minimum absolute atomic E-state index is 0.255. The number of rotatable bonds is 4. The molecule has 0 radical (unpaired) electrons. The van der Waals surface area contributed by atoms with Gasteiger partial charge in [0.05, 0.1) is 12.2 Å². The molecule has 3 nitrogen and oxygen atoms in total. The molecule has 0 atom stereocenters. The van der Waals surface area contributed by atoms with Crippen LogP contribution >= 0.6 is 0 Å². The molecule has 90 valence electrons. The average molecular weight is 229 g/mol. The van der Waals surface area contributed by atoms with Crippen molar-refractivity contribution in [1.29, 1.82) is 0 Å². The molecule has 0 bridgehead atoms. The van der Waals surface area contributed by atoms with Crippen LogP contribution in [0.3, 0.4) is 0 Å². The van der Waals surface area contributed by atoms with Gasteiger partial charge in [-0.15, -0.1) is 0 Å². The number of anilines is 1. The van der Waals surface area contributed by atoms with Gasteiger partial charge in [-0.1, -0.05) is 0 Å². The van der Waals surface area contributed by atoms with E-state index in [0.717, 1.165) is 16.8 Å². The van der Waals surface area contributed by atoms with Gasteiger partial charge in [0.25, 0.3) is 6.43 Å². The normalized spacial score (nSPS) is 11.4. The highest BCUT2D eigenvalue weighted by Gasteiger charge is 2.12. The lowest BCUT2D eigenvalue weighted by molar-refractivity contribution is 0.0970. The van der Waals surface area contributed by atoms with Crippen molar-refractivity contribution in [1.82, 2.24) is 9.88 Å². The number of alkyl halides is 2. The number of nitrogens with two attached hydrogens (primary N) is 1. The van der Waals surface area contributed by atoms with Crippen LogP contribution in [-0.4, -0.2) is 29.9 Å². The van der Waals surface area contributed by atoms with Gasteiger partial charge in [0.2, 0.25) is 0 Å². The first-order valence-electron chi connectivity index (χ1n) is 5.09. The highest BCUT2D eigenvalue weighted by Crippen LogP contribution is 2.18. The van der Waals surface area contributed by atoms with Crippen LogP contribution in [0.25, 0.3) is 0 Å². The van der Waals surface area contributed by atoms with E-state index in [4.69, 9.17) is 5.73 Å². The summed E-state index contributed by atoms with van der Waals surface area (Å²) in [5, 5.41) is 0. The van der Waals surface area contributed by atoms with Crippen molar-refractivity contribution in [3.8, 4) is 0 Å². The molecule has 0 aliphatic heterocycles. The highest BCUT2D eigenvalue weighted by atomic mass is 19.3. The zero-order valence-electron chi connectivity index (χ0n) is 9.80. The fourth-order valence-corrected chi connectivity index (χ4v) is 1.51. The monoisotopic (exact) mass is 229 g/mol. The molecule has 16 heavy (non-hydrogen) atoms. The zero-order valence-corrected chi connectivity index (χ0v) is 9.80. The van der Waals surface area contributed by atoms with Gasteiger partial charge in [0.15, 0.2) is 0 Å². The Labute approximate surface area is 94.3 Å². The van der Waals surface area contributed by atoms with Crippen LogP contribution in [0, 0.1) is 13.8 Å². The predicted molar refractivity (Wildman–Crippen MR) is 60.5 cm³/mol. The van der Waals surface area contributed by atoms with Gasteiger partial charge in [-0.05, 0) is 32.0 Å². The van der Waals surface area contributed by atoms with Crippen molar-refractivity contribution in [2.75, 3.05) is 19.3 Å². The van der Waals surface area contributed by atoms with Crippen LogP contribution in [0.1, 0.15) is 16.8 Å². The van der Waals surface area contributed by atoms with Gasteiger partial charge in [-0.3, -0.25) is 9.88 Å². The maximum Gasteiger partial charge on any atom is 0.251 e. The van der Waals surface area contributed by atoms with Crippen molar-refractivity contribution in [3.63, 3.8) is 0 Å². The molecule has 1 aromatic rings. The molecular weight excluding hydrogens is 212 g/mol. The third-order valence-corrected chi connectivity index (χ3v) is 2.55. The Bertz CT molecular complexity index is 366. The number of aryl methyl sites for hydroxylation is 1. The lowest BCUT2D eigenvalue weighted by atomic mass is 10.1. The molecule has 2 N–H and O–H groups in total. The average Bonchev–Trinajstić information content (AvgIpc) is 2.18. The van der Waals surface area contributed by atoms with E-state index in [1.54, 1.807) is 13.2 Å². The van der Waals surface area contributed by atoms with Gasteiger partial charge < -0.3 is 5.73 Å². The maximum absolute atomic E-state index is 12.1. The van der Waals surface area contributed by atoms with Gasteiger partial charge in [-0.25, -0.2) is 8.78 Å². The first kappa shape index (κ1) is 12.8. The summed E-state index contributed by atoms with van der Waals surface area (Å²) in [4.78, 5) is 5.76. The minimum Gasteiger partial charge on any atom is -0.398 e. The van der Waals surface area contributed by atoms with E-state index >= 15 is 0 Å². The second kappa shape index (κ2) is 5.21. The predicted octanol–water partition coefficient (Wildman–Crippen LogP) is 1.98. The zero-order chi connectivity index (χ0) is 12.3. The Kier molecular flexibility index (Phi) is 4.18. The highest BCUT2D eigenvalue weighted by molar-refractivity contribution is 5.53. The van der Waals surface area contributed by atoms with Crippen LogP contribution in [-0.2, 0) is 6.54 Å². The van der Waals surface area contributed by atoms with Crippen molar-refractivity contribution in [3.05, 3.63) is 23.0 Å². The van der Waals surface area contributed by atoms with Crippen LogP contribution in [0.15, 0.2) is 6.20 Å². The van der Waals surface area contributed by atoms with E-state index in [1.165, 1.54) is 4.90 Å². The van der Waals surface area contributed by atoms with E-state index < -0.39 is 6.43 Å². The number of pyridine rings is 1. The fourth-order valence-electron chi connectivity index (χ4n) is 1.51. The molecule has 0 amide bonds. The number of hydrogen-bond donors (Lipinski definition) is 1. The van der Waals surface area contributed by atoms with Crippen LogP contribution in [0.2, 0.25) is 0 Å². The molecule has 0 aliphatic rings. The Morgan fingerprint density at radius 3 is 2.62 bits per heavy atom. The molecule has 0 spiro atoms. The topological polar surface area (TPSA) is 42.2 Å². The van der Waals surface area contributed by atoms with Gasteiger partial charge >= 0.3 is 0 Å². The Morgan fingerprint density at radius 1 is 1.44 bits per heavy atom. The quantitative estimate of drug-likeness (QED) is 0.858. The van der Waals surface area contributed by atoms with E-state index in [1.807, 2.05) is 13.8 Å². The largest absolute Gasteiger partial charge is 0.398 e. The van der Waals surface area contributed by atoms with E-state index in [2.05, 4.69) is 4.98 Å². The number of hydrogen-bond acceptors (Lipinski definition) is 3. The SMILES string of the molecule is Cc1cnc(CN(C)CC(F)F)c(C)c1N. The summed E-state index contributed by atoms with van der Waals surface area (Å²) >= 11 is 0. The first-order valence-corrected chi connectivity index (χ1v) is 5.09. The lowest BCUT2D eigenvalue weighted by Crippen LogP contribution is -2.25. The maximum atomic E-state index is 12.1. The number of aromatic nitrogens is 1. The molecule has 1 rings (SSSR count). The summed E-state index contributed by atoms with van der Waals surface area (Å²) in [5.41, 5.74) is 9.09. The van der Waals surface area contributed by atoms with E-state index in [9.17, 15) is 8.78 Å². The second-order valence-electron chi connectivity index (χ2n) is 4.01. The number of halogens is 2. The van der Waals surface area contributed by atoms with Crippen molar-refractivity contribution in [2.45, 2.75) is 26.8 Å². The summed E-state index contributed by atoms with van der Waals surface area (Å²) < 4.78 is 24.3. The molecule has 0 aromatic carbocycles. The Hall–Kier alpha value is -1.23. The molecule has 0 saturated heterocycles. The molecule has 1 heterocycles. The fraction of sp³-hybridized carbons (Fsp3) is 0.545. The molecule has 0 unspecified atom stereocenters. The summed E-state index contributed by atoms with van der Waals surface area (Å²) in [6.45, 7) is 3.87. The molecule has 0 aliphatic carbocycles. The van der Waals surface area contributed by atoms with Gasteiger partial charge in [0.1, 0.15) is 0 Å². The molecular formula is C11H17F2N3. The number of nitrogen functional groups attached to an aromatic ring is 1. The lowest BCUT2D eigenvalue weighted by Gasteiger charge is -2.17. The van der Waals surface area contributed by atoms with Crippen LogP contribution in [0.5, 0.6) is 0 Å². The summed E-state index contributed by atoms with van der Waals surface area (Å²) in [6, 6.07) is 0. The van der Waals surface area contributed by atoms with E-state index in [0.29, 0.717) is 12.2 Å². The van der Waals surface area contributed by atoms with Crippen LogP contribution < -0.4 is 5.73 Å². The number of nitrogens with zero attached hydrogens (tertiary/aromatic N) is 2. The minimum atomic E-state index is -2.33. The summed E-state index contributed by atoms with van der Waals surface area (Å²) in [6.07, 6.45) is -0.651. The van der Waals surface area contributed by atoms with Gasteiger partial charge in [-0.2, -0.15) is 0 Å². The summed E-state index contributed by atoms with van der Waals surface area (Å²) in [7, 11) is 1.64. The Balaban J connectivity index is 2.78. The summed E-state index contributed by atoms with van der Waals surface area (Å²) in [5.74, 6) is 0. The van der Waals surface area contributed by atoms with Crippen molar-refractivity contribution in [2.24, 2.45) is 0 Å². The first-order chi connectivity index (χ1) is 7.41. The molecule has 0 saturated carbocycles. The van der Waals surface area contributed by atoms with Crippen molar-refractivity contribution < 1.29 is 8.78 Å². The van der Waals surface area contributed by atoms with Gasteiger partial charge in [0, 0.05) is 18.4 Å². The standard InChI is InChI=1S/C11H17F2N3/c1-7-4-15-9(8(2)11(7)14)5-16(3)6-10(12)13/h4,10H,5-6H2,1-3H3,(H2,14,15). The molecule has 0 fully saturated rings. The Morgan fingerprint density at radius 2 is 2.06 bits per heavy atom. The van der Waals surface area contributed by atoms with E-state index in [-0.39, 0.29) is 6.54 Å². The second-order valence-corrected chi connectivity index (χ2v) is 4.01. The third-order valence-electron chi connectivity index (χ3n) is 2.55. The van der Waals surface area contributed by atoms with Crippen LogP contribution in [0.4, 0.5) is 14.5 Å². The van der Waals surface area contributed by atoms with Crippen molar-refractivity contribution >= 4 is 5.69 Å². The molecule has 1 aromatic heterocycles. The smallest absolute Gasteiger partial charge is 0.251 e. The molecule has 5 heteroatoms. The third kappa shape index (κ3) is 3.13.